The molecule has 15 nitrogen and oxygen atoms in total. The molecule has 2 saturated heterocycles. The molecule has 0 aliphatic carbocycles. The first kappa shape index (κ1) is 50.9. The zero-order chi connectivity index (χ0) is 46.1. The maximum Gasteiger partial charge on any atom is 0.338 e. The highest BCUT2D eigenvalue weighted by Crippen LogP contribution is 2.23. The van der Waals surface area contributed by atoms with Crippen molar-refractivity contribution < 1.29 is 63.7 Å². The van der Waals surface area contributed by atoms with E-state index in [1.54, 1.807) is 34.8 Å². The van der Waals surface area contributed by atoms with Crippen molar-refractivity contribution in [2.75, 3.05) is 65.7 Å². The summed E-state index contributed by atoms with van der Waals surface area (Å²) < 4.78 is 19.7. The van der Waals surface area contributed by atoms with Gasteiger partial charge in [0.25, 0.3) is 0 Å². The Balaban J connectivity index is 0.000000216. The molecule has 0 atom stereocenters. The maximum atomic E-state index is 12.0. The summed E-state index contributed by atoms with van der Waals surface area (Å²) in [4.78, 5) is 54.8. The minimum absolute atomic E-state index is 0.0145. The van der Waals surface area contributed by atoms with Crippen LogP contribution in [0.3, 0.4) is 0 Å². The Morgan fingerprint density at radius 2 is 1.02 bits per heavy atom. The minimum atomic E-state index is -1.26. The molecule has 2 aliphatic rings. The Bertz CT molecular complexity index is 2210. The van der Waals surface area contributed by atoms with Gasteiger partial charge in [-0.3, -0.25) is 9.80 Å². The molecular formula is C47H54N2O13S2. The number of carbonyl (C=O) groups is 5. The number of nitrogens with zero attached hydrogens (tertiary/aromatic N) is 2. The lowest BCUT2D eigenvalue weighted by molar-refractivity contribution is -0.134. The number of carbonyl (C=O) groups excluding carboxylic acids is 1. The fourth-order valence-electron chi connectivity index (χ4n) is 6.29. The van der Waals surface area contributed by atoms with E-state index >= 15 is 0 Å². The van der Waals surface area contributed by atoms with Gasteiger partial charge in [0, 0.05) is 86.2 Å². The Kier molecular flexibility index (Phi) is 22.3. The van der Waals surface area contributed by atoms with Crippen LogP contribution in [0.25, 0.3) is 20.2 Å². The molecule has 0 amide bonds. The van der Waals surface area contributed by atoms with Crippen LogP contribution in [0.1, 0.15) is 34.3 Å². The number of hydrogen-bond acceptors (Lipinski definition) is 13. The lowest BCUT2D eigenvalue weighted by atomic mass is 10.1. The number of rotatable bonds is 20. The van der Waals surface area contributed by atoms with Crippen LogP contribution in [-0.2, 0) is 46.2 Å². The molecule has 5 aromatic rings. The highest BCUT2D eigenvalue weighted by Gasteiger charge is 2.29. The smallest absolute Gasteiger partial charge is 0.338 e. The SMILES string of the molecule is O=C(O)/C=C\C(=O)O.O=C(O)/C=C\C(=O)O.O=C(OC1CN(CCCOCCc2ccc3sccc3c2)C1)c1ccccc1.OC1CN(CCCOCCc2ccc3sccc3c2)C1. The summed E-state index contributed by atoms with van der Waals surface area (Å²) in [7, 11) is 0. The van der Waals surface area contributed by atoms with Crippen molar-refractivity contribution in [3.05, 3.63) is 131 Å². The van der Waals surface area contributed by atoms with E-state index in [4.69, 9.17) is 34.6 Å². The van der Waals surface area contributed by atoms with Crippen molar-refractivity contribution in [2.24, 2.45) is 0 Å². The van der Waals surface area contributed by atoms with Crippen molar-refractivity contribution in [2.45, 2.75) is 37.9 Å². The van der Waals surface area contributed by atoms with Gasteiger partial charge in [-0.15, -0.1) is 22.7 Å². The third-order valence-corrected chi connectivity index (χ3v) is 11.3. The summed E-state index contributed by atoms with van der Waals surface area (Å²) in [5.41, 5.74) is 3.30. The summed E-state index contributed by atoms with van der Waals surface area (Å²) in [6, 6.07) is 26.8. The normalized spacial score (nSPS) is 14.1. The second kappa shape index (κ2) is 28.1. The van der Waals surface area contributed by atoms with Crippen molar-refractivity contribution in [3.63, 3.8) is 0 Å². The standard InChI is InChI=1S/C23H25NO3S.C16H21NO2S.2C4H4O4/c25-23(19-5-2-1-3-6-19)27-21-16-24(17-21)11-4-12-26-13-9-18-7-8-22-20(15-18)10-14-28-22;18-15-11-17(12-15)6-1-7-19-8-4-13-2-3-16-14(10-13)5-9-20-16;2*5-3(6)1-2-4(7)8/h1-3,5-8,10,14-15,21H,4,9,11-13,16-17H2;2-3,5,9-10,15,18H,1,4,6-8,11-12H2;2*1-2H,(H,5,6)(H,7,8)/b;;2*2-1-. The number of fused-ring (bicyclic) bond motifs is 2. The van der Waals surface area contributed by atoms with Gasteiger partial charge in [-0.05, 0) is 94.7 Å². The number of carboxylic acid groups (broad SMARTS) is 4. The largest absolute Gasteiger partial charge is 0.478 e. The molecule has 3 aromatic carbocycles. The second-order valence-electron chi connectivity index (χ2n) is 14.6. The topological polar surface area (TPSA) is 221 Å². The molecule has 0 spiro atoms. The predicted octanol–water partition coefficient (Wildman–Crippen LogP) is 6.34. The summed E-state index contributed by atoms with van der Waals surface area (Å²) in [5, 5.41) is 47.3. The van der Waals surface area contributed by atoms with Crippen LogP contribution in [0.15, 0.2) is 114 Å². The van der Waals surface area contributed by atoms with Gasteiger partial charge in [0.2, 0.25) is 0 Å². The van der Waals surface area contributed by atoms with Gasteiger partial charge in [-0.2, -0.15) is 0 Å². The average molecular weight is 919 g/mol. The molecule has 0 unspecified atom stereocenters. The van der Waals surface area contributed by atoms with E-state index < -0.39 is 23.9 Å². The van der Waals surface area contributed by atoms with Crippen LogP contribution < -0.4 is 0 Å². The maximum absolute atomic E-state index is 12.0. The third-order valence-electron chi connectivity index (χ3n) is 9.51. The molecule has 64 heavy (non-hydrogen) atoms. The molecule has 342 valence electrons. The fourth-order valence-corrected chi connectivity index (χ4v) is 7.83. The molecule has 2 fully saturated rings. The van der Waals surface area contributed by atoms with E-state index in [1.165, 1.54) is 31.3 Å². The highest BCUT2D eigenvalue weighted by molar-refractivity contribution is 7.17. The Labute approximate surface area is 379 Å². The van der Waals surface area contributed by atoms with E-state index in [0.717, 1.165) is 91.4 Å². The lowest BCUT2D eigenvalue weighted by Gasteiger charge is -2.38. The number of hydrogen-bond donors (Lipinski definition) is 5. The van der Waals surface area contributed by atoms with E-state index in [2.05, 4.69) is 69.1 Å². The zero-order valence-electron chi connectivity index (χ0n) is 35.2. The van der Waals surface area contributed by atoms with Crippen LogP contribution >= 0.6 is 22.7 Å². The van der Waals surface area contributed by atoms with Gasteiger partial charge in [-0.25, -0.2) is 24.0 Å². The molecule has 0 saturated carbocycles. The quantitative estimate of drug-likeness (QED) is 0.0327. The molecular weight excluding hydrogens is 865 g/mol. The van der Waals surface area contributed by atoms with Crippen LogP contribution in [0.4, 0.5) is 0 Å². The summed E-state index contributed by atoms with van der Waals surface area (Å²) in [5.74, 6) is -5.26. The molecule has 7 rings (SSSR count). The highest BCUT2D eigenvalue weighted by atomic mass is 32.1. The second-order valence-corrected chi connectivity index (χ2v) is 16.5. The van der Waals surface area contributed by atoms with Crippen molar-refractivity contribution in [1.82, 2.24) is 9.80 Å². The third kappa shape index (κ3) is 20.2. The molecule has 5 N–H and O–H groups in total. The van der Waals surface area contributed by atoms with Gasteiger partial charge >= 0.3 is 29.8 Å². The van der Waals surface area contributed by atoms with E-state index in [9.17, 15) is 29.1 Å². The Morgan fingerprint density at radius 3 is 1.44 bits per heavy atom. The molecule has 0 bridgehead atoms. The summed E-state index contributed by atoms with van der Waals surface area (Å²) >= 11 is 3.57. The first-order valence-electron chi connectivity index (χ1n) is 20.6. The average Bonchev–Trinajstić information content (AvgIpc) is 3.93. The number of benzene rings is 3. The molecule has 4 heterocycles. The van der Waals surface area contributed by atoms with Gasteiger partial charge in [0.05, 0.1) is 24.9 Å². The van der Waals surface area contributed by atoms with Crippen molar-refractivity contribution >= 4 is 72.7 Å². The van der Waals surface area contributed by atoms with Crippen LogP contribution in [0.5, 0.6) is 0 Å². The van der Waals surface area contributed by atoms with Crippen LogP contribution in [0.2, 0.25) is 0 Å². The molecule has 17 heteroatoms. The van der Waals surface area contributed by atoms with Crippen molar-refractivity contribution in [3.8, 4) is 0 Å². The number of likely N-dealkylation sites (tertiary alicyclic amines) is 2. The minimum Gasteiger partial charge on any atom is -0.478 e. The predicted molar refractivity (Wildman–Crippen MR) is 245 cm³/mol. The van der Waals surface area contributed by atoms with Crippen molar-refractivity contribution in [1.29, 1.82) is 0 Å². The number of aliphatic hydroxyl groups excluding tert-OH is 1. The molecule has 2 aliphatic heterocycles. The number of aliphatic carboxylic acids is 4. The summed E-state index contributed by atoms with van der Waals surface area (Å²) in [6.45, 7) is 8.46. The zero-order valence-corrected chi connectivity index (χ0v) is 36.9. The molecule has 2 aromatic heterocycles. The number of carboxylic acids is 4. The fraction of sp³-hybridized carbons (Fsp3) is 0.340. The van der Waals surface area contributed by atoms with Gasteiger partial charge < -0.3 is 39.7 Å². The number of ether oxygens (including phenoxy) is 3. The van der Waals surface area contributed by atoms with Crippen LogP contribution in [-0.4, -0.2) is 143 Å². The lowest BCUT2D eigenvalue weighted by Crippen LogP contribution is -2.53. The number of aliphatic hydroxyl groups is 1. The van der Waals surface area contributed by atoms with E-state index in [1.807, 2.05) is 18.2 Å². The van der Waals surface area contributed by atoms with Gasteiger partial charge in [-0.1, -0.05) is 42.5 Å². The monoisotopic (exact) mass is 918 g/mol. The Morgan fingerprint density at radius 1 is 0.578 bits per heavy atom. The van der Waals surface area contributed by atoms with Crippen LogP contribution in [0, 0.1) is 0 Å². The molecule has 0 radical (unpaired) electrons. The first-order chi connectivity index (χ1) is 30.8. The van der Waals surface area contributed by atoms with E-state index in [-0.39, 0.29) is 18.2 Å². The Hall–Kier alpha value is -5.79. The number of esters is 1. The van der Waals surface area contributed by atoms with Gasteiger partial charge in [0.15, 0.2) is 0 Å². The first-order valence-corrected chi connectivity index (χ1v) is 22.3. The van der Waals surface area contributed by atoms with E-state index in [0.29, 0.717) is 29.9 Å². The van der Waals surface area contributed by atoms with Gasteiger partial charge in [0.1, 0.15) is 6.10 Å². The number of β-amino-alcohol motifs (C(OH)–C–C–N with tert-alkyl or cyclic N) is 1. The summed E-state index contributed by atoms with van der Waals surface area (Å²) in [6.07, 6.45) is 6.14. The number of thiophene rings is 2.